The van der Waals surface area contributed by atoms with Crippen molar-refractivity contribution in [1.29, 1.82) is 0 Å². The molecule has 0 aromatic rings. The Balaban J connectivity index is 1.98. The summed E-state index contributed by atoms with van der Waals surface area (Å²) in [6, 6.07) is 0.465. The summed E-state index contributed by atoms with van der Waals surface area (Å²) in [5, 5.41) is 0. The van der Waals surface area contributed by atoms with Crippen molar-refractivity contribution < 1.29 is 0 Å². The first-order valence-corrected chi connectivity index (χ1v) is 6.96. The molecule has 3 nitrogen and oxygen atoms in total. The molecule has 1 fully saturated rings. The third-order valence-corrected chi connectivity index (χ3v) is 3.73. The molecule has 0 amide bonds. The highest BCUT2D eigenvalue weighted by Crippen LogP contribution is 2.09. The van der Waals surface area contributed by atoms with Gasteiger partial charge in [0.15, 0.2) is 0 Å². The van der Waals surface area contributed by atoms with Gasteiger partial charge in [0.1, 0.15) is 0 Å². The number of rotatable bonds is 7. The van der Waals surface area contributed by atoms with Crippen LogP contribution in [-0.2, 0) is 0 Å². The minimum atomic E-state index is 0.465. The van der Waals surface area contributed by atoms with Gasteiger partial charge in [0, 0.05) is 6.04 Å². The van der Waals surface area contributed by atoms with E-state index in [4.69, 9.17) is 5.73 Å². The molecule has 1 rings (SSSR count). The molecule has 16 heavy (non-hydrogen) atoms. The summed E-state index contributed by atoms with van der Waals surface area (Å²) in [5.41, 5.74) is 5.89. The fourth-order valence-corrected chi connectivity index (χ4v) is 2.39. The van der Waals surface area contributed by atoms with Crippen molar-refractivity contribution >= 4 is 0 Å². The lowest BCUT2D eigenvalue weighted by molar-refractivity contribution is 0.204. The number of nitrogens with two attached hydrogens (primary N) is 1. The number of piperidine rings is 1. The minimum Gasteiger partial charge on any atom is -0.328 e. The van der Waals surface area contributed by atoms with E-state index in [-0.39, 0.29) is 0 Å². The van der Waals surface area contributed by atoms with Crippen LogP contribution in [0.25, 0.3) is 0 Å². The molecule has 1 heterocycles. The van der Waals surface area contributed by atoms with E-state index >= 15 is 0 Å². The van der Waals surface area contributed by atoms with Crippen molar-refractivity contribution in [3.8, 4) is 0 Å². The Kier molecular flexibility index (Phi) is 7.01. The first-order chi connectivity index (χ1) is 7.76. The maximum atomic E-state index is 5.89. The van der Waals surface area contributed by atoms with E-state index in [1.807, 2.05) is 0 Å². The third kappa shape index (κ3) is 5.28. The molecule has 0 radical (unpaired) electrons. The molecule has 0 spiro atoms. The van der Waals surface area contributed by atoms with Crippen molar-refractivity contribution in [2.24, 2.45) is 5.73 Å². The molecular formula is C13H29N3. The first kappa shape index (κ1) is 13.9. The summed E-state index contributed by atoms with van der Waals surface area (Å²) in [4.78, 5) is 5.08. The van der Waals surface area contributed by atoms with E-state index in [1.54, 1.807) is 0 Å². The van der Waals surface area contributed by atoms with Gasteiger partial charge in [0.2, 0.25) is 0 Å². The van der Waals surface area contributed by atoms with E-state index in [9.17, 15) is 0 Å². The summed E-state index contributed by atoms with van der Waals surface area (Å²) >= 11 is 0. The summed E-state index contributed by atoms with van der Waals surface area (Å²) < 4.78 is 0. The number of hydrogen-bond donors (Lipinski definition) is 1. The third-order valence-electron chi connectivity index (χ3n) is 3.73. The van der Waals surface area contributed by atoms with Crippen LogP contribution in [0.15, 0.2) is 0 Å². The molecule has 0 saturated carbocycles. The maximum absolute atomic E-state index is 5.89. The zero-order valence-electron chi connectivity index (χ0n) is 11.1. The molecule has 0 bridgehead atoms. The summed E-state index contributed by atoms with van der Waals surface area (Å²) in [6.07, 6.45) is 5.06. The van der Waals surface area contributed by atoms with Gasteiger partial charge >= 0.3 is 0 Å². The Morgan fingerprint density at radius 2 is 1.75 bits per heavy atom. The molecule has 1 aliphatic heterocycles. The lowest BCUT2D eigenvalue weighted by atomic mass is 10.1. The Morgan fingerprint density at radius 3 is 2.31 bits per heavy atom. The average Bonchev–Trinajstić information content (AvgIpc) is 2.32. The van der Waals surface area contributed by atoms with Crippen molar-refractivity contribution in [3.63, 3.8) is 0 Å². The minimum absolute atomic E-state index is 0.465. The van der Waals surface area contributed by atoms with Gasteiger partial charge in [-0.2, -0.15) is 0 Å². The zero-order chi connectivity index (χ0) is 11.8. The van der Waals surface area contributed by atoms with E-state index in [0.29, 0.717) is 6.04 Å². The molecule has 3 heteroatoms. The summed E-state index contributed by atoms with van der Waals surface area (Å²) in [7, 11) is 0. The first-order valence-electron chi connectivity index (χ1n) is 6.96. The second kappa shape index (κ2) is 8.04. The lowest BCUT2D eigenvalue weighted by Crippen LogP contribution is -2.40. The van der Waals surface area contributed by atoms with Crippen LogP contribution in [-0.4, -0.2) is 55.1 Å². The number of unbranched alkanes of at least 4 members (excludes halogenated alkanes) is 1. The topological polar surface area (TPSA) is 32.5 Å². The van der Waals surface area contributed by atoms with Crippen LogP contribution in [0.4, 0.5) is 0 Å². The Morgan fingerprint density at radius 1 is 1.12 bits per heavy atom. The lowest BCUT2D eigenvalue weighted by Gasteiger charge is -2.30. The smallest absolute Gasteiger partial charge is 0.00631 e. The van der Waals surface area contributed by atoms with Crippen LogP contribution in [0.3, 0.4) is 0 Å². The molecule has 0 aliphatic carbocycles. The highest BCUT2D eigenvalue weighted by atomic mass is 15.1. The largest absolute Gasteiger partial charge is 0.328 e. The van der Waals surface area contributed by atoms with E-state index in [2.05, 4.69) is 23.6 Å². The highest BCUT2D eigenvalue weighted by molar-refractivity contribution is 4.73. The maximum Gasteiger partial charge on any atom is 0.00631 e. The second-order valence-electron chi connectivity index (χ2n) is 4.91. The van der Waals surface area contributed by atoms with Gasteiger partial charge in [-0.05, 0) is 65.0 Å². The van der Waals surface area contributed by atoms with Crippen LogP contribution in [0, 0.1) is 0 Å². The van der Waals surface area contributed by atoms with Gasteiger partial charge in [0.05, 0.1) is 0 Å². The van der Waals surface area contributed by atoms with Gasteiger partial charge in [0.25, 0.3) is 0 Å². The molecule has 2 N–H and O–H groups in total. The van der Waals surface area contributed by atoms with Crippen LogP contribution < -0.4 is 5.73 Å². The van der Waals surface area contributed by atoms with Gasteiger partial charge in [-0.1, -0.05) is 13.8 Å². The van der Waals surface area contributed by atoms with Crippen LogP contribution in [0.5, 0.6) is 0 Å². The summed E-state index contributed by atoms with van der Waals surface area (Å²) in [6.45, 7) is 11.8. The average molecular weight is 227 g/mol. The van der Waals surface area contributed by atoms with Gasteiger partial charge in [-0.25, -0.2) is 0 Å². The molecule has 0 unspecified atom stereocenters. The van der Waals surface area contributed by atoms with Crippen LogP contribution >= 0.6 is 0 Å². The van der Waals surface area contributed by atoms with Gasteiger partial charge < -0.3 is 15.5 Å². The van der Waals surface area contributed by atoms with E-state index < -0.39 is 0 Å². The van der Waals surface area contributed by atoms with Gasteiger partial charge in [-0.3, -0.25) is 0 Å². The Bertz CT molecular complexity index is 161. The number of nitrogens with zero attached hydrogens (tertiary/aromatic N) is 2. The van der Waals surface area contributed by atoms with Crippen LogP contribution in [0.2, 0.25) is 0 Å². The highest BCUT2D eigenvalue weighted by Gasteiger charge is 2.14. The Labute approximate surface area is 101 Å². The molecule has 0 atom stereocenters. The van der Waals surface area contributed by atoms with E-state index in [0.717, 1.165) is 0 Å². The second-order valence-corrected chi connectivity index (χ2v) is 4.91. The number of hydrogen-bond acceptors (Lipinski definition) is 3. The van der Waals surface area contributed by atoms with Crippen molar-refractivity contribution in [3.05, 3.63) is 0 Å². The molecular weight excluding hydrogens is 198 g/mol. The molecule has 0 aromatic heterocycles. The predicted molar refractivity (Wildman–Crippen MR) is 70.7 cm³/mol. The quantitative estimate of drug-likeness (QED) is 0.670. The summed E-state index contributed by atoms with van der Waals surface area (Å²) in [5.74, 6) is 0. The fourth-order valence-electron chi connectivity index (χ4n) is 2.39. The predicted octanol–water partition coefficient (Wildman–Crippen LogP) is 1.53. The Hall–Kier alpha value is -0.120. The zero-order valence-corrected chi connectivity index (χ0v) is 11.1. The number of likely N-dealkylation sites (tertiary alicyclic amines) is 1. The molecule has 0 aromatic carbocycles. The molecule has 96 valence electrons. The fraction of sp³-hybridized carbons (Fsp3) is 1.00. The normalized spacial score (nSPS) is 19.5. The standard InChI is InChI=1S/C13H29N3/c1-3-15(4-2)9-5-6-10-16-11-7-13(14)8-12-16/h13H,3-12,14H2,1-2H3. The van der Waals surface area contributed by atoms with E-state index in [1.165, 1.54) is 65.0 Å². The van der Waals surface area contributed by atoms with Crippen LogP contribution in [0.1, 0.15) is 39.5 Å². The van der Waals surface area contributed by atoms with Gasteiger partial charge in [-0.15, -0.1) is 0 Å². The van der Waals surface area contributed by atoms with Crippen molar-refractivity contribution in [2.75, 3.05) is 39.3 Å². The monoisotopic (exact) mass is 227 g/mol. The molecule has 1 aliphatic rings. The van der Waals surface area contributed by atoms with Crippen molar-refractivity contribution in [1.82, 2.24) is 9.80 Å². The SMILES string of the molecule is CCN(CC)CCCCN1CCC(N)CC1. The molecule has 1 saturated heterocycles. The van der Waals surface area contributed by atoms with Crippen molar-refractivity contribution in [2.45, 2.75) is 45.6 Å².